The third kappa shape index (κ3) is 5.36. The number of nitrogens with two attached hydrogens (primary N) is 1. The molecular weight excluding hydrogens is 445 g/mol. The Bertz CT molecular complexity index is 1250. The number of alkyl halides is 3. The number of ketones is 1. The number of urea groups is 1. The van der Waals surface area contributed by atoms with E-state index in [0.717, 1.165) is 44.5 Å². The minimum absolute atomic E-state index is 0.278. The predicted molar refractivity (Wildman–Crippen MR) is 126 cm³/mol. The Balaban J connectivity index is 1.66. The van der Waals surface area contributed by atoms with E-state index in [-0.39, 0.29) is 5.78 Å². The summed E-state index contributed by atoms with van der Waals surface area (Å²) in [6, 6.07) is 10.8. The molecule has 34 heavy (non-hydrogen) atoms. The molecule has 1 aliphatic heterocycles. The molecule has 0 saturated carbocycles. The second-order valence-corrected chi connectivity index (χ2v) is 8.11. The Kier molecular flexibility index (Phi) is 6.54. The Morgan fingerprint density at radius 1 is 1.00 bits per heavy atom. The first-order valence-electron chi connectivity index (χ1n) is 10.9. The second-order valence-electron chi connectivity index (χ2n) is 8.11. The van der Waals surface area contributed by atoms with Crippen molar-refractivity contribution in [1.29, 1.82) is 0 Å². The number of nitrogens with zero attached hydrogens (tertiary/aromatic N) is 2. The van der Waals surface area contributed by atoms with Crippen LogP contribution in [0.2, 0.25) is 0 Å². The summed E-state index contributed by atoms with van der Waals surface area (Å²) in [5.74, 6) is -0.278. The molecule has 3 N–H and O–H groups in total. The van der Waals surface area contributed by atoms with E-state index < -0.39 is 17.8 Å². The average Bonchev–Trinajstić information content (AvgIpc) is 2.81. The summed E-state index contributed by atoms with van der Waals surface area (Å²) in [5.41, 5.74) is 6.83. The zero-order valence-corrected chi connectivity index (χ0v) is 18.2. The highest BCUT2D eigenvalue weighted by Gasteiger charge is 2.31. The zero-order chi connectivity index (χ0) is 24.3. The fourth-order valence-electron chi connectivity index (χ4n) is 4.00. The molecule has 1 aromatic heterocycles. The van der Waals surface area contributed by atoms with E-state index in [4.69, 9.17) is 5.73 Å². The normalized spacial score (nSPS) is 14.5. The highest BCUT2D eigenvalue weighted by atomic mass is 19.4. The predicted octanol–water partition coefficient (Wildman–Crippen LogP) is 5.63. The highest BCUT2D eigenvalue weighted by Crippen LogP contribution is 2.35. The molecule has 2 aromatic carbocycles. The topological polar surface area (TPSA) is 88.3 Å². The fraction of sp³-hybridized carbons (Fsp3) is 0.240. The number of hydrogen-bond acceptors (Lipinski definition) is 4. The molecule has 4 rings (SSSR count). The number of benzene rings is 2. The summed E-state index contributed by atoms with van der Waals surface area (Å²) in [6.45, 7) is 1.51. The molecule has 0 unspecified atom stereocenters. The molecule has 3 aromatic rings. The molecule has 176 valence electrons. The van der Waals surface area contributed by atoms with Crippen molar-refractivity contribution in [3.63, 3.8) is 0 Å². The van der Waals surface area contributed by atoms with Crippen molar-refractivity contribution in [2.24, 2.45) is 5.73 Å². The molecule has 1 fully saturated rings. The molecule has 0 aliphatic carbocycles. The van der Waals surface area contributed by atoms with Crippen LogP contribution >= 0.6 is 0 Å². The molecular formula is C25H23F3N4O2. The number of rotatable bonds is 5. The number of piperidine rings is 1. The number of allylic oxidation sites excluding steroid dienone is 1. The van der Waals surface area contributed by atoms with Gasteiger partial charge in [0, 0.05) is 35.4 Å². The Morgan fingerprint density at radius 2 is 1.71 bits per heavy atom. The van der Waals surface area contributed by atoms with Gasteiger partial charge < -0.3 is 16.0 Å². The van der Waals surface area contributed by atoms with Crippen molar-refractivity contribution in [2.45, 2.75) is 25.4 Å². The highest BCUT2D eigenvalue weighted by molar-refractivity contribution is 6.07. The van der Waals surface area contributed by atoms with Gasteiger partial charge in [0.2, 0.25) is 0 Å². The van der Waals surface area contributed by atoms with Crippen molar-refractivity contribution in [3.8, 4) is 0 Å². The second kappa shape index (κ2) is 9.54. The average molecular weight is 468 g/mol. The number of anilines is 2. The van der Waals surface area contributed by atoms with Crippen molar-refractivity contribution >= 4 is 40.2 Å². The Labute approximate surface area is 194 Å². The lowest BCUT2D eigenvalue weighted by molar-refractivity contribution is -0.137. The number of hydrogen-bond donors (Lipinski definition) is 2. The van der Waals surface area contributed by atoms with Gasteiger partial charge in [-0.3, -0.25) is 4.79 Å². The van der Waals surface area contributed by atoms with E-state index in [0.29, 0.717) is 33.5 Å². The number of carbonyl (C=O) groups is 2. The third-order valence-electron chi connectivity index (χ3n) is 5.67. The van der Waals surface area contributed by atoms with Gasteiger partial charge in [-0.2, -0.15) is 13.2 Å². The Hall–Kier alpha value is -3.88. The summed E-state index contributed by atoms with van der Waals surface area (Å²) in [7, 11) is 0. The maximum Gasteiger partial charge on any atom is 0.416 e. The molecule has 1 saturated heterocycles. The molecule has 0 spiro atoms. The molecule has 1 aliphatic rings. The number of aromatic nitrogens is 1. The number of carbonyl (C=O) groups excluding carboxylic acids is 2. The minimum Gasteiger partial charge on any atom is -0.371 e. The number of amides is 2. The van der Waals surface area contributed by atoms with Crippen LogP contribution in [0.3, 0.4) is 0 Å². The van der Waals surface area contributed by atoms with Crippen LogP contribution in [0.15, 0.2) is 54.6 Å². The summed E-state index contributed by atoms with van der Waals surface area (Å²) < 4.78 is 40.0. The first kappa shape index (κ1) is 23.3. The summed E-state index contributed by atoms with van der Waals surface area (Å²) >= 11 is 0. The van der Waals surface area contributed by atoms with E-state index >= 15 is 0 Å². The lowest BCUT2D eigenvalue weighted by atomic mass is 10.0. The molecule has 6 nitrogen and oxygen atoms in total. The van der Waals surface area contributed by atoms with Crippen molar-refractivity contribution in [1.82, 2.24) is 4.98 Å². The number of nitrogens with one attached hydrogen (secondary N) is 1. The van der Waals surface area contributed by atoms with Crippen LogP contribution in [0.1, 0.15) is 40.9 Å². The van der Waals surface area contributed by atoms with Crippen LogP contribution in [-0.4, -0.2) is 29.9 Å². The first-order valence-corrected chi connectivity index (χ1v) is 10.9. The van der Waals surface area contributed by atoms with Gasteiger partial charge in [-0.15, -0.1) is 0 Å². The zero-order valence-electron chi connectivity index (χ0n) is 18.2. The SMILES string of the molecule is NC(=O)Nc1ccc(C(=O)C=Cc2cc(N3CCCCC3)c3cc(C(F)(F)F)ccc3n2)cc1. The van der Waals surface area contributed by atoms with Gasteiger partial charge in [0.05, 0.1) is 16.8 Å². The molecule has 0 atom stereocenters. The monoisotopic (exact) mass is 468 g/mol. The fourth-order valence-corrected chi connectivity index (χ4v) is 4.00. The minimum atomic E-state index is -4.44. The van der Waals surface area contributed by atoms with Crippen LogP contribution in [0.5, 0.6) is 0 Å². The molecule has 2 amide bonds. The molecule has 9 heteroatoms. The molecule has 0 bridgehead atoms. The maximum absolute atomic E-state index is 13.3. The standard InChI is InChI=1S/C25H23F3N4O2/c26-25(27,28)17-6-10-21-20(14-17)22(32-12-2-1-3-13-32)15-19(30-21)9-11-23(33)16-4-7-18(8-5-16)31-24(29)34/h4-11,14-15H,1-3,12-13H2,(H3,29,31,34). The molecule has 2 heterocycles. The van der Waals surface area contributed by atoms with Crippen LogP contribution in [0, 0.1) is 0 Å². The van der Waals surface area contributed by atoms with E-state index in [2.05, 4.69) is 15.2 Å². The quantitative estimate of drug-likeness (QED) is 0.375. The van der Waals surface area contributed by atoms with Crippen molar-refractivity contribution < 1.29 is 22.8 Å². The van der Waals surface area contributed by atoms with Gasteiger partial charge in [0.15, 0.2) is 5.78 Å². The summed E-state index contributed by atoms with van der Waals surface area (Å²) in [4.78, 5) is 30.1. The number of pyridine rings is 1. The number of fused-ring (bicyclic) bond motifs is 1. The van der Waals surface area contributed by atoms with Crippen LogP contribution in [0.4, 0.5) is 29.3 Å². The van der Waals surface area contributed by atoms with Crippen molar-refractivity contribution in [2.75, 3.05) is 23.3 Å². The summed E-state index contributed by atoms with van der Waals surface area (Å²) in [6.07, 6.45) is 1.50. The van der Waals surface area contributed by atoms with Crippen LogP contribution in [0.25, 0.3) is 17.0 Å². The number of primary amides is 1. The number of halogens is 3. The van der Waals surface area contributed by atoms with E-state index in [1.807, 2.05) is 0 Å². The van der Waals surface area contributed by atoms with Gasteiger partial charge in [-0.1, -0.05) is 0 Å². The van der Waals surface area contributed by atoms with Crippen molar-refractivity contribution in [3.05, 3.63) is 71.4 Å². The lowest BCUT2D eigenvalue weighted by Gasteiger charge is -2.30. The maximum atomic E-state index is 13.3. The van der Waals surface area contributed by atoms with E-state index in [9.17, 15) is 22.8 Å². The van der Waals surface area contributed by atoms with Gasteiger partial charge in [0.25, 0.3) is 0 Å². The van der Waals surface area contributed by atoms with Crippen LogP contribution < -0.4 is 16.0 Å². The van der Waals surface area contributed by atoms with E-state index in [1.54, 1.807) is 36.4 Å². The van der Waals surface area contributed by atoms with E-state index in [1.165, 1.54) is 12.1 Å². The smallest absolute Gasteiger partial charge is 0.371 e. The third-order valence-corrected chi connectivity index (χ3v) is 5.67. The van der Waals surface area contributed by atoms with Gasteiger partial charge in [0.1, 0.15) is 0 Å². The van der Waals surface area contributed by atoms with Gasteiger partial charge >= 0.3 is 12.2 Å². The summed E-state index contributed by atoms with van der Waals surface area (Å²) in [5, 5.41) is 2.86. The largest absolute Gasteiger partial charge is 0.416 e. The van der Waals surface area contributed by atoms with Gasteiger partial charge in [-0.25, -0.2) is 9.78 Å². The molecule has 0 radical (unpaired) electrons. The first-order chi connectivity index (χ1) is 16.2. The van der Waals surface area contributed by atoms with Crippen LogP contribution in [-0.2, 0) is 6.18 Å². The van der Waals surface area contributed by atoms with Gasteiger partial charge in [-0.05, 0) is 79.9 Å². The Morgan fingerprint density at radius 3 is 2.35 bits per heavy atom. The lowest BCUT2D eigenvalue weighted by Crippen LogP contribution is -2.29.